The van der Waals surface area contributed by atoms with Crippen LogP contribution in [0.4, 0.5) is 5.69 Å². The summed E-state index contributed by atoms with van der Waals surface area (Å²) in [6.07, 6.45) is 2.77. The maximum atomic E-state index is 10.5. The predicted octanol–water partition coefficient (Wildman–Crippen LogP) is 4.43. The molecule has 2 rings (SSSR count). The summed E-state index contributed by atoms with van der Waals surface area (Å²) >= 11 is 0. The van der Waals surface area contributed by atoms with Gasteiger partial charge >= 0.3 is 0 Å². The van der Waals surface area contributed by atoms with Gasteiger partial charge in [-0.1, -0.05) is 45.9 Å². The SMILES string of the molecule is CC.CC1=C(Nc2ccccc2)CC(C)(C)CC1=NCC=O.CN. The van der Waals surface area contributed by atoms with Crippen LogP contribution in [0.2, 0.25) is 0 Å². The van der Waals surface area contributed by atoms with Gasteiger partial charge in [-0.3, -0.25) is 4.99 Å². The summed E-state index contributed by atoms with van der Waals surface area (Å²) in [5.41, 5.74) is 9.19. The molecule has 4 heteroatoms. The van der Waals surface area contributed by atoms with Crippen LogP contribution in [0.25, 0.3) is 0 Å². The second-order valence-electron chi connectivity index (χ2n) is 6.07. The Bertz CT molecular complexity index is 545. The van der Waals surface area contributed by atoms with E-state index in [0.717, 1.165) is 30.5 Å². The number of anilines is 1. The van der Waals surface area contributed by atoms with Crippen LogP contribution in [0.1, 0.15) is 47.5 Å². The molecule has 0 fully saturated rings. The number of para-hydroxylation sites is 1. The standard InChI is InChI=1S/C17H22N2O.C2H6.CH5N/c1-13-15(18-9-10-20)11-17(2,3)12-16(13)19-14-7-5-4-6-8-14;2*1-2/h4-8,10,19H,9,11-12H2,1-3H3;1-2H3;2H2,1H3. The average molecular weight is 332 g/mol. The summed E-state index contributed by atoms with van der Waals surface area (Å²) in [5.74, 6) is 0. The quantitative estimate of drug-likeness (QED) is 0.802. The highest BCUT2D eigenvalue weighted by Crippen LogP contribution is 2.37. The zero-order chi connectivity index (χ0) is 18.6. The summed E-state index contributed by atoms with van der Waals surface area (Å²) < 4.78 is 0. The van der Waals surface area contributed by atoms with Crippen LogP contribution < -0.4 is 11.1 Å². The zero-order valence-electron chi connectivity index (χ0n) is 16.0. The molecule has 0 saturated carbocycles. The molecule has 134 valence electrons. The molecule has 1 aliphatic rings. The number of rotatable bonds is 4. The van der Waals surface area contributed by atoms with E-state index in [4.69, 9.17) is 0 Å². The largest absolute Gasteiger partial charge is 0.359 e. The number of nitrogens with one attached hydrogen (secondary N) is 1. The van der Waals surface area contributed by atoms with Crippen molar-refractivity contribution < 1.29 is 4.79 Å². The number of nitrogens with zero attached hydrogens (tertiary/aromatic N) is 1. The lowest BCUT2D eigenvalue weighted by Crippen LogP contribution is -2.28. The van der Waals surface area contributed by atoms with Crippen molar-refractivity contribution in [2.24, 2.45) is 16.1 Å². The van der Waals surface area contributed by atoms with Gasteiger partial charge < -0.3 is 15.8 Å². The molecule has 0 saturated heterocycles. The lowest BCUT2D eigenvalue weighted by molar-refractivity contribution is -0.106. The molecule has 1 aromatic carbocycles. The molecule has 0 amide bonds. The van der Waals surface area contributed by atoms with Gasteiger partial charge in [-0.15, -0.1) is 0 Å². The van der Waals surface area contributed by atoms with Gasteiger partial charge in [0.15, 0.2) is 0 Å². The van der Waals surface area contributed by atoms with Crippen LogP contribution in [-0.4, -0.2) is 25.6 Å². The van der Waals surface area contributed by atoms with E-state index in [9.17, 15) is 4.79 Å². The average Bonchev–Trinajstić information content (AvgIpc) is 2.60. The maximum Gasteiger partial charge on any atom is 0.141 e. The number of hydrogen-bond acceptors (Lipinski definition) is 4. The highest BCUT2D eigenvalue weighted by molar-refractivity contribution is 6.02. The van der Waals surface area contributed by atoms with Crippen LogP contribution in [0.3, 0.4) is 0 Å². The van der Waals surface area contributed by atoms with Crippen molar-refractivity contribution in [3.8, 4) is 0 Å². The predicted molar refractivity (Wildman–Crippen MR) is 106 cm³/mol. The number of nitrogens with two attached hydrogens (primary N) is 1. The van der Waals surface area contributed by atoms with Crippen molar-refractivity contribution in [2.75, 3.05) is 18.9 Å². The molecule has 4 nitrogen and oxygen atoms in total. The number of aliphatic imine (C=N–C) groups is 1. The van der Waals surface area contributed by atoms with Gasteiger partial charge in [0.25, 0.3) is 0 Å². The third-order valence-electron chi connectivity index (χ3n) is 3.61. The lowest BCUT2D eigenvalue weighted by atomic mass is 9.75. The Morgan fingerprint density at radius 1 is 1.17 bits per heavy atom. The second-order valence-corrected chi connectivity index (χ2v) is 6.07. The number of carbonyl (C=O) groups excluding carboxylic acids is 1. The van der Waals surface area contributed by atoms with Crippen LogP contribution in [-0.2, 0) is 4.79 Å². The van der Waals surface area contributed by atoms with Crippen molar-refractivity contribution in [1.29, 1.82) is 0 Å². The maximum absolute atomic E-state index is 10.5. The summed E-state index contributed by atoms with van der Waals surface area (Å²) in [6.45, 7) is 10.8. The van der Waals surface area contributed by atoms with E-state index in [-0.39, 0.29) is 12.0 Å². The Kier molecular flexibility index (Phi) is 10.6. The summed E-state index contributed by atoms with van der Waals surface area (Å²) in [6, 6.07) is 10.2. The number of aldehydes is 1. The fourth-order valence-electron chi connectivity index (χ4n) is 2.59. The Balaban J connectivity index is 0.00000123. The molecule has 0 unspecified atom stereocenters. The van der Waals surface area contributed by atoms with Gasteiger partial charge in [-0.2, -0.15) is 0 Å². The smallest absolute Gasteiger partial charge is 0.141 e. The first-order valence-electron chi connectivity index (χ1n) is 8.59. The third kappa shape index (κ3) is 7.09. The highest BCUT2D eigenvalue weighted by atomic mass is 16.1. The van der Waals surface area contributed by atoms with Gasteiger partial charge in [0.2, 0.25) is 0 Å². The molecule has 0 aromatic heterocycles. The number of carbonyl (C=O) groups is 1. The summed E-state index contributed by atoms with van der Waals surface area (Å²) in [5, 5.41) is 3.50. The molecule has 0 heterocycles. The normalized spacial score (nSPS) is 17.2. The fourth-order valence-corrected chi connectivity index (χ4v) is 2.59. The minimum Gasteiger partial charge on any atom is -0.359 e. The third-order valence-corrected chi connectivity index (χ3v) is 3.61. The fraction of sp³-hybridized carbons (Fsp3) is 0.500. The van der Waals surface area contributed by atoms with E-state index < -0.39 is 0 Å². The van der Waals surface area contributed by atoms with Crippen molar-refractivity contribution in [1.82, 2.24) is 0 Å². The van der Waals surface area contributed by atoms with Crippen molar-refractivity contribution in [2.45, 2.75) is 47.5 Å². The number of allylic oxidation sites excluding steroid dienone is 2. The van der Waals surface area contributed by atoms with Gasteiger partial charge in [0.1, 0.15) is 6.29 Å². The molecular formula is C20H33N3O. The molecule has 0 spiro atoms. The van der Waals surface area contributed by atoms with Crippen molar-refractivity contribution in [3.63, 3.8) is 0 Å². The first kappa shape index (κ1) is 22.1. The van der Waals surface area contributed by atoms with Gasteiger partial charge in [-0.25, -0.2) is 0 Å². The lowest BCUT2D eigenvalue weighted by Gasteiger charge is -2.33. The molecule has 0 atom stereocenters. The number of hydrogen-bond donors (Lipinski definition) is 2. The molecule has 24 heavy (non-hydrogen) atoms. The van der Waals surface area contributed by atoms with E-state index in [0.29, 0.717) is 0 Å². The molecule has 3 N–H and O–H groups in total. The number of benzene rings is 1. The van der Waals surface area contributed by atoms with Crippen LogP contribution in [0, 0.1) is 5.41 Å². The minimum atomic E-state index is 0.165. The summed E-state index contributed by atoms with van der Waals surface area (Å²) in [7, 11) is 1.50. The van der Waals surface area contributed by atoms with Crippen molar-refractivity contribution >= 4 is 17.7 Å². The van der Waals surface area contributed by atoms with E-state index in [1.54, 1.807) is 0 Å². The molecule has 0 aliphatic heterocycles. The second kappa shape index (κ2) is 11.6. The Hall–Kier alpha value is -1.94. The molecule has 0 radical (unpaired) electrons. The van der Waals surface area contributed by atoms with E-state index in [2.05, 4.69) is 48.9 Å². The Labute approximate surface area is 147 Å². The van der Waals surface area contributed by atoms with E-state index in [1.807, 2.05) is 32.0 Å². The topological polar surface area (TPSA) is 67.5 Å². The van der Waals surface area contributed by atoms with Crippen LogP contribution in [0.15, 0.2) is 46.6 Å². The molecule has 0 bridgehead atoms. The first-order chi connectivity index (χ1) is 11.5. The van der Waals surface area contributed by atoms with Gasteiger partial charge in [-0.05, 0) is 49.9 Å². The zero-order valence-corrected chi connectivity index (χ0v) is 16.0. The van der Waals surface area contributed by atoms with Gasteiger partial charge in [0.05, 0.1) is 6.54 Å². The monoisotopic (exact) mass is 331 g/mol. The summed E-state index contributed by atoms with van der Waals surface area (Å²) in [4.78, 5) is 15.0. The molecular weight excluding hydrogens is 298 g/mol. The van der Waals surface area contributed by atoms with E-state index >= 15 is 0 Å². The van der Waals surface area contributed by atoms with Crippen molar-refractivity contribution in [3.05, 3.63) is 41.6 Å². The highest BCUT2D eigenvalue weighted by Gasteiger charge is 2.29. The Morgan fingerprint density at radius 3 is 2.29 bits per heavy atom. The van der Waals surface area contributed by atoms with Crippen LogP contribution >= 0.6 is 0 Å². The first-order valence-corrected chi connectivity index (χ1v) is 8.59. The van der Waals surface area contributed by atoms with E-state index in [1.165, 1.54) is 18.3 Å². The molecule has 1 aliphatic carbocycles. The van der Waals surface area contributed by atoms with Crippen LogP contribution in [0.5, 0.6) is 0 Å². The molecule has 1 aromatic rings. The Morgan fingerprint density at radius 2 is 1.75 bits per heavy atom. The van der Waals surface area contributed by atoms with Gasteiger partial charge in [0, 0.05) is 17.1 Å². The minimum absolute atomic E-state index is 0.165.